The molecule has 39 heavy (non-hydrogen) atoms. The molecule has 0 radical (unpaired) electrons. The van der Waals surface area contributed by atoms with Gasteiger partial charge in [-0.05, 0) is 117 Å². The summed E-state index contributed by atoms with van der Waals surface area (Å²) in [6, 6.07) is 0. The number of fused-ring (bicyclic) bond motifs is 7. The van der Waals surface area contributed by atoms with Crippen LogP contribution in [0.3, 0.4) is 0 Å². The highest BCUT2D eigenvalue weighted by Crippen LogP contribution is 2.74. The third-order valence-corrected chi connectivity index (χ3v) is 13.6. The van der Waals surface area contributed by atoms with Gasteiger partial charge in [-0.1, -0.05) is 53.5 Å². The highest BCUT2D eigenvalue weighted by Gasteiger charge is 2.69. The van der Waals surface area contributed by atoms with Gasteiger partial charge in [0, 0.05) is 12.3 Å². The Labute approximate surface area is 235 Å². The van der Waals surface area contributed by atoms with Gasteiger partial charge in [-0.3, -0.25) is 14.4 Å². The van der Waals surface area contributed by atoms with Gasteiger partial charge in [-0.15, -0.1) is 0 Å². The van der Waals surface area contributed by atoms with Crippen molar-refractivity contribution in [2.75, 3.05) is 0 Å². The molecule has 0 spiro atoms. The molecule has 10 atom stereocenters. The van der Waals surface area contributed by atoms with Crippen LogP contribution in [-0.4, -0.2) is 28.9 Å². The van der Waals surface area contributed by atoms with Crippen molar-refractivity contribution in [3.63, 3.8) is 0 Å². The number of allylic oxidation sites excluding steroid dienone is 2. The Morgan fingerprint density at radius 2 is 1.69 bits per heavy atom. The van der Waals surface area contributed by atoms with Crippen molar-refractivity contribution < 1.29 is 24.2 Å². The number of unbranched alkanes of at least 4 members (excludes halogenated alkanes) is 1. The van der Waals surface area contributed by atoms with E-state index in [9.17, 15) is 19.5 Å². The van der Waals surface area contributed by atoms with Crippen molar-refractivity contribution in [3.8, 4) is 0 Å². The van der Waals surface area contributed by atoms with E-state index in [1.807, 2.05) is 13.0 Å². The smallest absolute Gasteiger partial charge is 0.309 e. The Kier molecular flexibility index (Phi) is 6.99. The molecular formula is C34H52O5. The van der Waals surface area contributed by atoms with Crippen molar-refractivity contribution in [3.05, 3.63) is 11.6 Å². The molecular weight excluding hydrogens is 488 g/mol. The number of hydrogen-bond donors (Lipinski definition) is 1. The number of carboxylic acid groups (broad SMARTS) is 1. The number of carbonyl (C=O) groups is 3. The van der Waals surface area contributed by atoms with E-state index in [1.165, 1.54) is 5.57 Å². The molecule has 5 nitrogen and oxygen atoms in total. The topological polar surface area (TPSA) is 80.7 Å². The van der Waals surface area contributed by atoms with Crippen molar-refractivity contribution >= 4 is 17.7 Å². The Hall–Kier alpha value is -1.65. The Bertz CT molecular complexity index is 1080. The molecule has 5 rings (SSSR count). The second-order valence-electron chi connectivity index (χ2n) is 15.6. The zero-order chi connectivity index (χ0) is 28.6. The summed E-state index contributed by atoms with van der Waals surface area (Å²) >= 11 is 0. The number of ether oxygens (including phenoxy) is 1. The third kappa shape index (κ3) is 4.09. The van der Waals surface area contributed by atoms with Gasteiger partial charge in [0.05, 0.1) is 5.41 Å². The average molecular weight is 541 g/mol. The van der Waals surface area contributed by atoms with Crippen LogP contribution in [0.1, 0.15) is 126 Å². The first-order valence-corrected chi connectivity index (χ1v) is 15.8. The average Bonchev–Trinajstić information content (AvgIpc) is 2.86. The minimum Gasteiger partial charge on any atom is -0.481 e. The minimum atomic E-state index is -0.726. The first-order chi connectivity index (χ1) is 18.2. The second-order valence-corrected chi connectivity index (χ2v) is 15.6. The lowest BCUT2D eigenvalue weighted by atomic mass is 9.34. The van der Waals surface area contributed by atoms with Crippen LogP contribution in [0.25, 0.3) is 0 Å². The zero-order valence-electron chi connectivity index (χ0n) is 25.5. The molecule has 0 aromatic heterocycles. The fourth-order valence-corrected chi connectivity index (χ4v) is 10.7. The highest BCUT2D eigenvalue weighted by molar-refractivity contribution is 5.95. The molecule has 5 aliphatic rings. The highest BCUT2D eigenvalue weighted by atomic mass is 16.5. The number of hydrogen-bond acceptors (Lipinski definition) is 4. The molecule has 4 saturated carbocycles. The van der Waals surface area contributed by atoms with E-state index in [2.05, 4.69) is 41.5 Å². The normalized spacial score (nSPS) is 49.1. The Morgan fingerprint density at radius 3 is 2.36 bits per heavy atom. The summed E-state index contributed by atoms with van der Waals surface area (Å²) in [7, 11) is 0. The number of rotatable bonds is 5. The summed E-state index contributed by atoms with van der Waals surface area (Å²) < 4.78 is 6.02. The predicted octanol–water partition coefficient (Wildman–Crippen LogP) is 7.76. The lowest BCUT2D eigenvalue weighted by Gasteiger charge is -2.69. The summed E-state index contributed by atoms with van der Waals surface area (Å²) in [5, 5.41) is 10.1. The van der Waals surface area contributed by atoms with Crippen LogP contribution in [0, 0.1) is 50.7 Å². The molecule has 0 amide bonds. The first-order valence-electron chi connectivity index (χ1n) is 15.8. The first kappa shape index (κ1) is 28.9. The monoisotopic (exact) mass is 540 g/mol. The van der Waals surface area contributed by atoms with E-state index in [-0.39, 0.29) is 57.3 Å². The predicted molar refractivity (Wildman–Crippen MR) is 152 cm³/mol. The van der Waals surface area contributed by atoms with Gasteiger partial charge in [0.25, 0.3) is 0 Å². The Balaban J connectivity index is 1.48. The molecule has 0 heterocycles. The van der Waals surface area contributed by atoms with E-state index in [0.717, 1.165) is 64.2 Å². The third-order valence-electron chi connectivity index (χ3n) is 13.6. The van der Waals surface area contributed by atoms with Crippen LogP contribution in [0.4, 0.5) is 0 Å². The molecule has 5 heteroatoms. The molecule has 0 aliphatic heterocycles. The van der Waals surface area contributed by atoms with Crippen LogP contribution in [-0.2, 0) is 19.1 Å². The van der Waals surface area contributed by atoms with Crippen molar-refractivity contribution in [2.24, 2.45) is 50.7 Å². The standard InChI is InChI=1S/C34H52O5/c1-8-9-10-27(36)39-26-12-13-32(5)22(21(26)2)11-14-34(7)28(32)25(35)19-23-24-20-31(4,29(37)38)16-15-30(24,3)17-18-33(23,34)6/h19,21-22,24,26,28H,8-18,20H2,1-7H3,(H,37,38)/t21-,22?,24+,26+,28?,30-,31+,32+,33-,34-/m1/s1. The maximum absolute atomic E-state index is 14.4. The van der Waals surface area contributed by atoms with Gasteiger partial charge in [-0.25, -0.2) is 0 Å². The lowest BCUT2D eigenvalue weighted by Crippen LogP contribution is -2.65. The van der Waals surface area contributed by atoms with Crippen LogP contribution in [0.15, 0.2) is 11.6 Å². The lowest BCUT2D eigenvalue weighted by molar-refractivity contribution is -0.193. The number of esters is 1. The summed E-state index contributed by atoms with van der Waals surface area (Å²) in [5.41, 5.74) is 0.231. The van der Waals surface area contributed by atoms with E-state index in [0.29, 0.717) is 18.8 Å². The van der Waals surface area contributed by atoms with E-state index in [1.54, 1.807) is 0 Å². The van der Waals surface area contributed by atoms with Gasteiger partial charge in [0.1, 0.15) is 6.10 Å². The van der Waals surface area contributed by atoms with Gasteiger partial charge in [0.2, 0.25) is 0 Å². The molecule has 0 aromatic carbocycles. The fraction of sp³-hybridized carbons (Fsp3) is 0.853. The Morgan fingerprint density at radius 1 is 1.00 bits per heavy atom. The second kappa shape index (κ2) is 9.44. The van der Waals surface area contributed by atoms with E-state index in [4.69, 9.17) is 4.74 Å². The maximum atomic E-state index is 14.4. The molecule has 4 fully saturated rings. The van der Waals surface area contributed by atoms with Gasteiger partial charge in [-0.2, -0.15) is 0 Å². The molecule has 0 saturated heterocycles. The maximum Gasteiger partial charge on any atom is 0.309 e. The summed E-state index contributed by atoms with van der Waals surface area (Å²) in [5.74, 6) is 0.208. The summed E-state index contributed by atoms with van der Waals surface area (Å²) in [4.78, 5) is 39.2. The zero-order valence-corrected chi connectivity index (χ0v) is 25.5. The number of carbonyl (C=O) groups excluding carboxylic acids is 2. The number of aliphatic carboxylic acids is 1. The SMILES string of the molecule is CCCCC(=O)O[C@H]1CC[C@@]2(C)C(CC[C@]3(C)C2C(=O)C=C2[C@@H]4C[C@@](C)(C(=O)O)CC[C@]4(C)CC[C@]23C)[C@H]1C. The molecule has 0 bridgehead atoms. The van der Waals surface area contributed by atoms with Crippen LogP contribution < -0.4 is 0 Å². The summed E-state index contributed by atoms with van der Waals surface area (Å²) in [6.45, 7) is 15.8. The molecule has 218 valence electrons. The molecule has 2 unspecified atom stereocenters. The van der Waals surface area contributed by atoms with Crippen LogP contribution >= 0.6 is 0 Å². The largest absolute Gasteiger partial charge is 0.481 e. The van der Waals surface area contributed by atoms with E-state index >= 15 is 0 Å². The van der Waals surface area contributed by atoms with Crippen molar-refractivity contribution in [1.29, 1.82) is 0 Å². The number of ketones is 1. The molecule has 1 N–H and O–H groups in total. The molecule has 5 aliphatic carbocycles. The van der Waals surface area contributed by atoms with E-state index < -0.39 is 11.4 Å². The quantitative estimate of drug-likeness (QED) is 0.360. The number of carboxylic acids is 1. The van der Waals surface area contributed by atoms with Crippen LogP contribution in [0.2, 0.25) is 0 Å². The molecule has 0 aromatic rings. The van der Waals surface area contributed by atoms with Gasteiger partial charge in [0.15, 0.2) is 5.78 Å². The van der Waals surface area contributed by atoms with Crippen molar-refractivity contribution in [1.82, 2.24) is 0 Å². The minimum absolute atomic E-state index is 0.0458. The van der Waals surface area contributed by atoms with Crippen LogP contribution in [0.5, 0.6) is 0 Å². The van der Waals surface area contributed by atoms with Gasteiger partial charge < -0.3 is 9.84 Å². The summed E-state index contributed by atoms with van der Waals surface area (Å²) in [6.07, 6.45) is 12.6. The fourth-order valence-electron chi connectivity index (χ4n) is 10.7. The van der Waals surface area contributed by atoms with Crippen molar-refractivity contribution in [2.45, 2.75) is 132 Å². The van der Waals surface area contributed by atoms with Gasteiger partial charge >= 0.3 is 11.9 Å².